The van der Waals surface area contributed by atoms with Crippen LogP contribution in [0.4, 0.5) is 4.39 Å². The molecule has 1 aliphatic heterocycles. The van der Waals surface area contributed by atoms with E-state index >= 15 is 0 Å². The molecule has 0 radical (unpaired) electrons. The molecule has 0 spiro atoms. The Labute approximate surface area is 118 Å². The van der Waals surface area contributed by atoms with Crippen LogP contribution in [0.5, 0.6) is 0 Å². The molecule has 1 aromatic carbocycles. The maximum atomic E-state index is 13.2. The van der Waals surface area contributed by atoms with Gasteiger partial charge in [-0.15, -0.1) is 0 Å². The summed E-state index contributed by atoms with van der Waals surface area (Å²) in [5.74, 6) is -0.840. The third-order valence-electron chi connectivity index (χ3n) is 3.11. The van der Waals surface area contributed by atoms with Crippen molar-refractivity contribution in [2.24, 2.45) is 0 Å². The predicted molar refractivity (Wildman–Crippen MR) is 72.2 cm³/mol. The first-order valence-electron chi connectivity index (χ1n) is 5.93. The minimum absolute atomic E-state index is 0.00903. The van der Waals surface area contributed by atoms with Crippen molar-refractivity contribution in [2.75, 3.05) is 6.54 Å². The standard InChI is InChI=1S/C13H14BrFN2O2/c1-13(3-2-11(18)17-13)7-16-12(19)8-4-9(14)6-10(15)5-8/h4-6H,2-3,7H2,1H3,(H,16,19)(H,17,18). The summed E-state index contributed by atoms with van der Waals surface area (Å²) in [5.41, 5.74) is -0.170. The number of rotatable bonds is 3. The monoisotopic (exact) mass is 328 g/mol. The van der Waals surface area contributed by atoms with Crippen LogP contribution in [0.1, 0.15) is 30.1 Å². The molecule has 0 aliphatic carbocycles. The van der Waals surface area contributed by atoms with Crippen molar-refractivity contribution in [1.29, 1.82) is 0 Å². The molecule has 19 heavy (non-hydrogen) atoms. The molecule has 4 nitrogen and oxygen atoms in total. The fourth-order valence-electron chi connectivity index (χ4n) is 2.05. The fraction of sp³-hybridized carbons (Fsp3) is 0.385. The molecule has 1 aliphatic rings. The van der Waals surface area contributed by atoms with Gasteiger partial charge in [-0.25, -0.2) is 4.39 Å². The molecule has 1 atom stereocenters. The van der Waals surface area contributed by atoms with Crippen LogP contribution in [-0.2, 0) is 4.79 Å². The van der Waals surface area contributed by atoms with E-state index in [-0.39, 0.29) is 17.4 Å². The zero-order chi connectivity index (χ0) is 14.0. The quantitative estimate of drug-likeness (QED) is 0.891. The lowest BCUT2D eigenvalue weighted by Gasteiger charge is -2.24. The molecule has 6 heteroatoms. The van der Waals surface area contributed by atoms with Gasteiger partial charge in [-0.3, -0.25) is 9.59 Å². The Morgan fingerprint density at radius 3 is 2.84 bits per heavy atom. The zero-order valence-electron chi connectivity index (χ0n) is 10.4. The van der Waals surface area contributed by atoms with Crippen molar-refractivity contribution < 1.29 is 14.0 Å². The molecule has 1 saturated heterocycles. The molecular weight excluding hydrogens is 315 g/mol. The number of hydrogen-bond donors (Lipinski definition) is 2. The third kappa shape index (κ3) is 3.53. The Hall–Kier alpha value is -1.43. The number of nitrogens with one attached hydrogen (secondary N) is 2. The van der Waals surface area contributed by atoms with Crippen molar-refractivity contribution in [2.45, 2.75) is 25.3 Å². The summed E-state index contributed by atoms with van der Waals surface area (Å²) in [6, 6.07) is 4.01. The maximum absolute atomic E-state index is 13.2. The summed E-state index contributed by atoms with van der Waals surface area (Å²) >= 11 is 3.14. The van der Waals surface area contributed by atoms with E-state index in [4.69, 9.17) is 0 Å². The molecule has 2 N–H and O–H groups in total. The molecule has 0 aromatic heterocycles. The van der Waals surface area contributed by atoms with E-state index in [0.717, 1.165) is 0 Å². The van der Waals surface area contributed by atoms with E-state index in [1.54, 1.807) is 6.07 Å². The van der Waals surface area contributed by atoms with Crippen molar-refractivity contribution in [1.82, 2.24) is 10.6 Å². The van der Waals surface area contributed by atoms with Gasteiger partial charge in [0.2, 0.25) is 5.91 Å². The SMILES string of the molecule is CC1(CNC(=O)c2cc(F)cc(Br)c2)CCC(=O)N1. The molecule has 1 fully saturated rings. The molecule has 1 heterocycles. The van der Waals surface area contributed by atoms with Gasteiger partial charge in [-0.2, -0.15) is 0 Å². The average molecular weight is 329 g/mol. The summed E-state index contributed by atoms with van der Waals surface area (Å²) < 4.78 is 13.7. The largest absolute Gasteiger partial charge is 0.350 e. The van der Waals surface area contributed by atoms with Crippen molar-refractivity contribution in [3.8, 4) is 0 Å². The first-order valence-corrected chi connectivity index (χ1v) is 6.73. The Morgan fingerprint density at radius 1 is 1.53 bits per heavy atom. The Balaban J connectivity index is 2.00. The fourth-order valence-corrected chi connectivity index (χ4v) is 2.51. The van der Waals surface area contributed by atoms with Crippen molar-refractivity contribution in [3.63, 3.8) is 0 Å². The first kappa shape index (κ1) is 14.0. The molecule has 2 rings (SSSR count). The summed E-state index contributed by atoms with van der Waals surface area (Å²) in [6.07, 6.45) is 1.15. The summed E-state index contributed by atoms with van der Waals surface area (Å²) in [6.45, 7) is 2.20. The van der Waals surface area contributed by atoms with Gasteiger partial charge < -0.3 is 10.6 Å². The van der Waals surface area contributed by atoms with Crippen molar-refractivity contribution in [3.05, 3.63) is 34.1 Å². The summed E-state index contributed by atoms with van der Waals surface area (Å²) in [7, 11) is 0. The van der Waals surface area contributed by atoms with Gasteiger partial charge in [0, 0.05) is 23.0 Å². The van der Waals surface area contributed by atoms with Crippen molar-refractivity contribution >= 4 is 27.7 Å². The number of carbonyl (C=O) groups excluding carboxylic acids is 2. The molecule has 2 amide bonds. The second kappa shape index (κ2) is 5.28. The minimum atomic E-state index is -0.472. The number of carbonyl (C=O) groups is 2. The Morgan fingerprint density at radius 2 is 2.26 bits per heavy atom. The van der Waals surface area contributed by atoms with Crippen LogP contribution in [0.2, 0.25) is 0 Å². The zero-order valence-corrected chi connectivity index (χ0v) is 12.0. The van der Waals surface area contributed by atoms with Gasteiger partial charge >= 0.3 is 0 Å². The van der Waals surface area contributed by atoms with Crippen LogP contribution >= 0.6 is 15.9 Å². The maximum Gasteiger partial charge on any atom is 0.251 e. The van der Waals surface area contributed by atoms with E-state index in [2.05, 4.69) is 26.6 Å². The highest BCUT2D eigenvalue weighted by Crippen LogP contribution is 2.19. The van der Waals surface area contributed by atoms with Crippen LogP contribution in [0, 0.1) is 5.82 Å². The normalized spacial score (nSPS) is 22.2. The van der Waals surface area contributed by atoms with Gasteiger partial charge in [-0.05, 0) is 31.5 Å². The van der Waals surface area contributed by atoms with E-state index in [1.807, 2.05) is 6.92 Å². The van der Waals surface area contributed by atoms with Gasteiger partial charge in [-0.1, -0.05) is 15.9 Å². The molecule has 0 saturated carbocycles. The van der Waals surface area contributed by atoms with E-state index in [1.165, 1.54) is 12.1 Å². The lowest BCUT2D eigenvalue weighted by Crippen LogP contribution is -2.48. The molecule has 1 unspecified atom stereocenters. The second-order valence-corrected chi connectivity index (χ2v) is 5.87. The Kier molecular flexibility index (Phi) is 3.89. The van der Waals surface area contributed by atoms with Crippen LogP contribution in [0.3, 0.4) is 0 Å². The molecule has 102 valence electrons. The molecular formula is C13H14BrFN2O2. The number of benzene rings is 1. The summed E-state index contributed by atoms with van der Waals surface area (Å²) in [4.78, 5) is 23.1. The second-order valence-electron chi connectivity index (χ2n) is 4.95. The highest BCUT2D eigenvalue weighted by atomic mass is 79.9. The van der Waals surface area contributed by atoms with Crippen LogP contribution < -0.4 is 10.6 Å². The highest BCUT2D eigenvalue weighted by Gasteiger charge is 2.33. The van der Waals surface area contributed by atoms with Gasteiger partial charge in [0.05, 0.1) is 5.54 Å². The van der Waals surface area contributed by atoms with E-state index < -0.39 is 11.4 Å². The molecule has 1 aromatic rings. The number of halogens is 2. The average Bonchev–Trinajstić information content (AvgIpc) is 2.66. The highest BCUT2D eigenvalue weighted by molar-refractivity contribution is 9.10. The van der Waals surface area contributed by atoms with E-state index in [9.17, 15) is 14.0 Å². The number of amides is 2. The van der Waals surface area contributed by atoms with Gasteiger partial charge in [0.15, 0.2) is 0 Å². The smallest absolute Gasteiger partial charge is 0.251 e. The first-order chi connectivity index (χ1) is 8.88. The van der Waals surface area contributed by atoms with E-state index in [0.29, 0.717) is 23.9 Å². The Bertz CT molecular complexity index is 515. The van der Waals surface area contributed by atoms with Gasteiger partial charge in [0.25, 0.3) is 5.91 Å². The van der Waals surface area contributed by atoms with Gasteiger partial charge in [0.1, 0.15) is 5.82 Å². The summed E-state index contributed by atoms with van der Waals surface area (Å²) in [5, 5.41) is 5.54. The third-order valence-corrected chi connectivity index (χ3v) is 3.57. The van der Waals surface area contributed by atoms with Crippen LogP contribution in [-0.4, -0.2) is 23.9 Å². The number of hydrogen-bond acceptors (Lipinski definition) is 2. The lowest BCUT2D eigenvalue weighted by molar-refractivity contribution is -0.119. The lowest BCUT2D eigenvalue weighted by atomic mass is 10.0. The topological polar surface area (TPSA) is 58.2 Å². The van der Waals surface area contributed by atoms with Crippen LogP contribution in [0.25, 0.3) is 0 Å². The minimum Gasteiger partial charge on any atom is -0.350 e. The molecule has 0 bridgehead atoms. The predicted octanol–water partition coefficient (Wildman–Crippen LogP) is 1.99. The van der Waals surface area contributed by atoms with Crippen LogP contribution in [0.15, 0.2) is 22.7 Å².